The van der Waals surface area contributed by atoms with E-state index in [2.05, 4.69) is 0 Å². The van der Waals surface area contributed by atoms with Crippen molar-refractivity contribution in [2.75, 3.05) is 19.7 Å². The molecule has 0 radical (unpaired) electrons. The van der Waals surface area contributed by atoms with Crippen LogP contribution in [0.15, 0.2) is 0 Å². The molecule has 2 bridgehead atoms. The summed E-state index contributed by atoms with van der Waals surface area (Å²) in [6.07, 6.45) is 3.83. The van der Waals surface area contributed by atoms with E-state index >= 15 is 0 Å². The molecule has 1 aliphatic heterocycles. The van der Waals surface area contributed by atoms with E-state index in [1.54, 1.807) is 0 Å². The number of piperidine rings is 1. The number of hydrogen-bond donors (Lipinski definition) is 0. The van der Waals surface area contributed by atoms with Gasteiger partial charge in [0, 0.05) is 13.1 Å². The SMILES string of the molecule is CCOC(=O)N1CC2CCC(C2)C1. The lowest BCUT2D eigenvalue weighted by atomic mass is 9.99. The number of rotatable bonds is 1. The molecule has 1 heterocycles. The first-order valence-electron chi connectivity index (χ1n) is 5.21. The van der Waals surface area contributed by atoms with E-state index in [0.29, 0.717) is 6.61 Å². The summed E-state index contributed by atoms with van der Waals surface area (Å²) < 4.78 is 4.99. The van der Waals surface area contributed by atoms with Crippen molar-refractivity contribution in [2.24, 2.45) is 11.8 Å². The Morgan fingerprint density at radius 1 is 1.38 bits per heavy atom. The number of hydrogen-bond acceptors (Lipinski definition) is 2. The number of likely N-dealkylation sites (tertiary alicyclic amines) is 1. The first-order valence-corrected chi connectivity index (χ1v) is 5.21. The monoisotopic (exact) mass is 183 g/mol. The first kappa shape index (κ1) is 8.85. The second kappa shape index (κ2) is 3.56. The van der Waals surface area contributed by atoms with Gasteiger partial charge < -0.3 is 9.64 Å². The highest BCUT2D eigenvalue weighted by Crippen LogP contribution is 2.36. The third-order valence-electron chi connectivity index (χ3n) is 3.13. The number of ether oxygens (including phenoxy) is 1. The van der Waals surface area contributed by atoms with Crippen molar-refractivity contribution in [1.82, 2.24) is 4.90 Å². The second-order valence-electron chi connectivity index (χ2n) is 4.15. The van der Waals surface area contributed by atoms with Crippen LogP contribution in [0.25, 0.3) is 0 Å². The van der Waals surface area contributed by atoms with Crippen LogP contribution in [-0.4, -0.2) is 30.7 Å². The topological polar surface area (TPSA) is 29.5 Å². The van der Waals surface area contributed by atoms with E-state index < -0.39 is 0 Å². The van der Waals surface area contributed by atoms with E-state index in [1.807, 2.05) is 11.8 Å². The molecule has 1 saturated carbocycles. The minimum atomic E-state index is -0.112. The van der Waals surface area contributed by atoms with Gasteiger partial charge >= 0.3 is 6.09 Å². The zero-order valence-corrected chi connectivity index (χ0v) is 8.16. The molecule has 0 aromatic rings. The number of carbonyl (C=O) groups is 1. The van der Waals surface area contributed by atoms with Gasteiger partial charge in [0.1, 0.15) is 0 Å². The molecule has 2 aliphatic rings. The summed E-state index contributed by atoms with van der Waals surface area (Å²) in [6.45, 7) is 4.20. The van der Waals surface area contributed by atoms with Gasteiger partial charge in [0.2, 0.25) is 0 Å². The van der Waals surface area contributed by atoms with Crippen molar-refractivity contribution in [3.63, 3.8) is 0 Å². The van der Waals surface area contributed by atoms with Crippen LogP contribution in [-0.2, 0) is 4.74 Å². The Bertz CT molecular complexity index is 193. The maximum absolute atomic E-state index is 11.4. The van der Waals surface area contributed by atoms with Crippen molar-refractivity contribution < 1.29 is 9.53 Å². The highest BCUT2D eigenvalue weighted by atomic mass is 16.6. The van der Waals surface area contributed by atoms with Crippen LogP contribution in [0.5, 0.6) is 0 Å². The van der Waals surface area contributed by atoms with Gasteiger partial charge in [-0.15, -0.1) is 0 Å². The Morgan fingerprint density at radius 3 is 2.54 bits per heavy atom. The fraction of sp³-hybridized carbons (Fsp3) is 0.900. The Kier molecular flexibility index (Phi) is 2.42. The maximum Gasteiger partial charge on any atom is 0.409 e. The Balaban J connectivity index is 1.91. The minimum Gasteiger partial charge on any atom is -0.450 e. The molecular weight excluding hydrogens is 166 g/mol. The highest BCUT2D eigenvalue weighted by molar-refractivity contribution is 5.67. The fourth-order valence-corrected chi connectivity index (χ4v) is 2.57. The molecule has 1 saturated heterocycles. The molecule has 1 aliphatic carbocycles. The fourth-order valence-electron chi connectivity index (χ4n) is 2.57. The van der Waals surface area contributed by atoms with Crippen LogP contribution >= 0.6 is 0 Å². The van der Waals surface area contributed by atoms with Gasteiger partial charge in [-0.05, 0) is 38.0 Å². The highest BCUT2D eigenvalue weighted by Gasteiger charge is 2.35. The van der Waals surface area contributed by atoms with E-state index in [0.717, 1.165) is 24.9 Å². The molecule has 0 aromatic heterocycles. The van der Waals surface area contributed by atoms with Crippen molar-refractivity contribution in [1.29, 1.82) is 0 Å². The average molecular weight is 183 g/mol. The van der Waals surface area contributed by atoms with Crippen molar-refractivity contribution in [3.8, 4) is 0 Å². The van der Waals surface area contributed by atoms with Crippen LogP contribution in [0.4, 0.5) is 4.79 Å². The summed E-state index contributed by atoms with van der Waals surface area (Å²) in [5.74, 6) is 1.51. The van der Waals surface area contributed by atoms with Gasteiger partial charge in [-0.2, -0.15) is 0 Å². The maximum atomic E-state index is 11.4. The van der Waals surface area contributed by atoms with Gasteiger partial charge in [0.05, 0.1) is 6.61 Å². The Morgan fingerprint density at radius 2 is 2.00 bits per heavy atom. The van der Waals surface area contributed by atoms with Crippen LogP contribution in [0.3, 0.4) is 0 Å². The van der Waals surface area contributed by atoms with Gasteiger partial charge in [0.15, 0.2) is 0 Å². The lowest BCUT2D eigenvalue weighted by molar-refractivity contribution is 0.0860. The first-order chi connectivity index (χ1) is 6.29. The molecule has 74 valence electrons. The number of carbonyl (C=O) groups excluding carboxylic acids is 1. The second-order valence-corrected chi connectivity index (χ2v) is 4.15. The van der Waals surface area contributed by atoms with Gasteiger partial charge in [-0.1, -0.05) is 0 Å². The van der Waals surface area contributed by atoms with Crippen molar-refractivity contribution in [2.45, 2.75) is 26.2 Å². The van der Waals surface area contributed by atoms with Gasteiger partial charge in [0.25, 0.3) is 0 Å². The molecule has 0 aromatic carbocycles. The third kappa shape index (κ3) is 1.79. The molecule has 2 unspecified atom stereocenters. The van der Waals surface area contributed by atoms with Crippen LogP contribution in [0.1, 0.15) is 26.2 Å². The van der Waals surface area contributed by atoms with Crippen LogP contribution in [0, 0.1) is 11.8 Å². The standard InChI is InChI=1S/C10H17NO2/c1-2-13-10(12)11-6-8-3-4-9(5-8)7-11/h8-9H,2-7H2,1H3. The lowest BCUT2D eigenvalue weighted by Crippen LogP contribution is -2.41. The summed E-state index contributed by atoms with van der Waals surface area (Å²) in [4.78, 5) is 13.3. The predicted octanol–water partition coefficient (Wildman–Crippen LogP) is 1.87. The number of amides is 1. The van der Waals surface area contributed by atoms with E-state index in [-0.39, 0.29) is 6.09 Å². The zero-order valence-electron chi connectivity index (χ0n) is 8.16. The minimum absolute atomic E-state index is 0.112. The van der Waals surface area contributed by atoms with E-state index in [4.69, 9.17) is 4.74 Å². The van der Waals surface area contributed by atoms with Crippen molar-refractivity contribution in [3.05, 3.63) is 0 Å². The Labute approximate surface area is 79.0 Å². The summed E-state index contributed by atoms with van der Waals surface area (Å²) in [5.41, 5.74) is 0. The molecule has 2 atom stereocenters. The van der Waals surface area contributed by atoms with E-state index in [9.17, 15) is 4.79 Å². The number of fused-ring (bicyclic) bond motifs is 2. The zero-order chi connectivity index (χ0) is 9.26. The molecule has 3 nitrogen and oxygen atoms in total. The van der Waals surface area contributed by atoms with Crippen LogP contribution < -0.4 is 0 Å². The molecule has 0 N–H and O–H groups in total. The summed E-state index contributed by atoms with van der Waals surface area (Å²) >= 11 is 0. The Hall–Kier alpha value is -0.730. The summed E-state index contributed by atoms with van der Waals surface area (Å²) in [7, 11) is 0. The molecule has 3 heteroatoms. The van der Waals surface area contributed by atoms with Gasteiger partial charge in [-0.3, -0.25) is 0 Å². The summed E-state index contributed by atoms with van der Waals surface area (Å²) in [6, 6.07) is 0. The molecule has 2 rings (SSSR count). The molecule has 2 fully saturated rings. The average Bonchev–Trinajstić information content (AvgIpc) is 2.46. The molecule has 13 heavy (non-hydrogen) atoms. The largest absolute Gasteiger partial charge is 0.450 e. The van der Waals surface area contributed by atoms with Gasteiger partial charge in [-0.25, -0.2) is 4.79 Å². The van der Waals surface area contributed by atoms with E-state index in [1.165, 1.54) is 19.3 Å². The van der Waals surface area contributed by atoms with Crippen LogP contribution in [0.2, 0.25) is 0 Å². The lowest BCUT2D eigenvalue weighted by Gasteiger charge is -2.30. The molecule has 1 amide bonds. The molecular formula is C10H17NO2. The third-order valence-corrected chi connectivity index (χ3v) is 3.13. The smallest absolute Gasteiger partial charge is 0.409 e. The predicted molar refractivity (Wildman–Crippen MR) is 49.4 cm³/mol. The number of nitrogens with zero attached hydrogens (tertiary/aromatic N) is 1. The quantitative estimate of drug-likeness (QED) is 0.621. The van der Waals surface area contributed by atoms with Crippen molar-refractivity contribution >= 4 is 6.09 Å². The normalized spacial score (nSPS) is 31.9. The summed E-state index contributed by atoms with van der Waals surface area (Å²) in [5, 5.41) is 0. The molecule has 0 spiro atoms.